The van der Waals surface area contributed by atoms with Crippen LogP contribution >= 0.6 is 0 Å². The Labute approximate surface area is 250 Å². The maximum atomic E-state index is 13.5. The van der Waals surface area contributed by atoms with Crippen molar-refractivity contribution in [3.05, 3.63) is 136 Å². The van der Waals surface area contributed by atoms with E-state index in [-0.39, 0.29) is 17.1 Å². The number of ether oxygens (including phenoxy) is 3. The summed E-state index contributed by atoms with van der Waals surface area (Å²) < 4.78 is 19.0. The van der Waals surface area contributed by atoms with Crippen LogP contribution in [-0.2, 0) is 19.8 Å². The van der Waals surface area contributed by atoms with Gasteiger partial charge in [0.2, 0.25) is 5.82 Å². The summed E-state index contributed by atoms with van der Waals surface area (Å²) >= 11 is 0. The van der Waals surface area contributed by atoms with Gasteiger partial charge in [0.15, 0.2) is 11.5 Å². The smallest absolute Gasteiger partial charge is 0.217 e. The highest BCUT2D eigenvalue weighted by Crippen LogP contribution is 2.32. The molecule has 0 amide bonds. The SMILES string of the molecule is COc1ccc(Cn2nnnc2/C(O)=C/C(=O)c2cc(OCc3ccccc3)c(C)c(OCc3ccccc3)c2)cc1C. The number of tetrazole rings is 1. The number of carbonyl (C=O) groups excluding carboxylic acids is 1. The van der Waals surface area contributed by atoms with Crippen LogP contribution in [0.1, 0.15) is 44.0 Å². The highest BCUT2D eigenvalue weighted by atomic mass is 16.5. The predicted molar refractivity (Wildman–Crippen MR) is 162 cm³/mol. The van der Waals surface area contributed by atoms with Crippen molar-refractivity contribution < 1.29 is 24.1 Å². The Kier molecular flexibility index (Phi) is 9.11. The van der Waals surface area contributed by atoms with Crippen molar-refractivity contribution in [3.8, 4) is 17.2 Å². The topological polar surface area (TPSA) is 109 Å². The lowest BCUT2D eigenvalue weighted by atomic mass is 10.1. The summed E-state index contributed by atoms with van der Waals surface area (Å²) in [7, 11) is 1.62. The number of aromatic nitrogens is 4. The molecule has 9 heteroatoms. The second-order valence-electron chi connectivity index (χ2n) is 10.0. The number of aliphatic hydroxyl groups excluding tert-OH is 1. The summed E-state index contributed by atoms with van der Waals surface area (Å²) in [6.45, 7) is 4.75. The Morgan fingerprint density at radius 1 is 0.814 bits per heavy atom. The van der Waals surface area contributed by atoms with Crippen LogP contribution in [0.3, 0.4) is 0 Å². The van der Waals surface area contributed by atoms with Crippen LogP contribution < -0.4 is 14.2 Å². The molecule has 0 spiro atoms. The van der Waals surface area contributed by atoms with Gasteiger partial charge < -0.3 is 19.3 Å². The number of benzene rings is 4. The molecule has 0 aliphatic heterocycles. The number of aryl methyl sites for hydroxylation is 1. The lowest BCUT2D eigenvalue weighted by molar-refractivity contribution is 0.104. The van der Waals surface area contributed by atoms with E-state index in [4.69, 9.17) is 14.2 Å². The van der Waals surface area contributed by atoms with Crippen LogP contribution in [0.2, 0.25) is 0 Å². The lowest BCUT2D eigenvalue weighted by Gasteiger charge is -2.16. The Morgan fingerprint density at radius 3 is 1.98 bits per heavy atom. The second-order valence-corrected chi connectivity index (χ2v) is 10.0. The number of ketones is 1. The first-order valence-electron chi connectivity index (χ1n) is 13.7. The van der Waals surface area contributed by atoms with Gasteiger partial charge in [-0.25, -0.2) is 4.68 Å². The molecule has 1 N–H and O–H groups in total. The molecule has 0 saturated heterocycles. The fourth-order valence-corrected chi connectivity index (χ4v) is 4.55. The molecule has 0 fully saturated rings. The first-order chi connectivity index (χ1) is 20.9. The first-order valence-corrected chi connectivity index (χ1v) is 13.7. The molecule has 5 rings (SSSR count). The third-order valence-electron chi connectivity index (χ3n) is 6.89. The second kappa shape index (κ2) is 13.5. The summed E-state index contributed by atoms with van der Waals surface area (Å²) in [5.74, 6) is 1.03. The minimum absolute atomic E-state index is 0.0648. The molecule has 0 aliphatic rings. The molecule has 9 nitrogen and oxygen atoms in total. The van der Waals surface area contributed by atoms with Gasteiger partial charge in [-0.3, -0.25) is 4.79 Å². The van der Waals surface area contributed by atoms with Gasteiger partial charge in [-0.1, -0.05) is 72.8 Å². The van der Waals surface area contributed by atoms with Gasteiger partial charge in [0, 0.05) is 17.2 Å². The van der Waals surface area contributed by atoms with Crippen molar-refractivity contribution in [1.29, 1.82) is 0 Å². The predicted octanol–water partition coefficient (Wildman–Crippen LogP) is 6.29. The van der Waals surface area contributed by atoms with E-state index < -0.39 is 5.78 Å². The first kappa shape index (κ1) is 29.1. The molecule has 43 heavy (non-hydrogen) atoms. The fourth-order valence-electron chi connectivity index (χ4n) is 4.55. The molecule has 1 aromatic heterocycles. The highest BCUT2D eigenvalue weighted by molar-refractivity contribution is 6.08. The zero-order valence-corrected chi connectivity index (χ0v) is 24.2. The van der Waals surface area contributed by atoms with E-state index in [1.807, 2.05) is 92.7 Å². The molecule has 1 heterocycles. The number of methoxy groups -OCH3 is 1. The zero-order valence-electron chi connectivity index (χ0n) is 24.2. The average molecular weight is 577 g/mol. The largest absolute Gasteiger partial charge is 0.504 e. The lowest BCUT2D eigenvalue weighted by Crippen LogP contribution is -2.08. The third-order valence-corrected chi connectivity index (χ3v) is 6.89. The van der Waals surface area contributed by atoms with Crippen molar-refractivity contribution in [2.45, 2.75) is 33.6 Å². The minimum atomic E-state index is -0.457. The quantitative estimate of drug-likeness (QED) is 0.105. The van der Waals surface area contributed by atoms with Crippen LogP contribution in [0.4, 0.5) is 0 Å². The molecule has 0 unspecified atom stereocenters. The molecular weight excluding hydrogens is 544 g/mol. The number of hydrogen-bond acceptors (Lipinski definition) is 8. The van der Waals surface area contributed by atoms with E-state index in [0.717, 1.165) is 39.6 Å². The van der Waals surface area contributed by atoms with Crippen molar-refractivity contribution in [3.63, 3.8) is 0 Å². The number of nitrogens with zero attached hydrogens (tertiary/aromatic N) is 4. The van der Waals surface area contributed by atoms with E-state index in [2.05, 4.69) is 15.5 Å². The summed E-state index contributed by atoms with van der Waals surface area (Å²) in [6.07, 6.45) is 1.11. The summed E-state index contributed by atoms with van der Waals surface area (Å²) in [6, 6.07) is 28.5. The van der Waals surface area contributed by atoms with E-state index >= 15 is 0 Å². The molecule has 0 radical (unpaired) electrons. The van der Waals surface area contributed by atoms with E-state index in [0.29, 0.717) is 31.3 Å². The molecule has 0 saturated carbocycles. The van der Waals surface area contributed by atoms with Gasteiger partial charge in [0.05, 0.1) is 13.7 Å². The van der Waals surface area contributed by atoms with Crippen LogP contribution in [0.25, 0.3) is 5.76 Å². The Hall–Kier alpha value is -5.44. The fraction of sp³-hybridized carbons (Fsp3) is 0.176. The molecule has 218 valence electrons. The van der Waals surface area contributed by atoms with Gasteiger partial charge in [-0.05, 0) is 64.7 Å². The van der Waals surface area contributed by atoms with Crippen LogP contribution in [0.15, 0.2) is 97.1 Å². The molecule has 0 bridgehead atoms. The number of carbonyl (C=O) groups is 1. The van der Waals surface area contributed by atoms with Crippen molar-refractivity contribution in [2.24, 2.45) is 0 Å². The number of hydrogen-bond donors (Lipinski definition) is 1. The maximum absolute atomic E-state index is 13.5. The minimum Gasteiger partial charge on any atom is -0.504 e. The number of rotatable bonds is 12. The van der Waals surface area contributed by atoms with Crippen LogP contribution in [0.5, 0.6) is 17.2 Å². The number of allylic oxidation sites excluding steroid dienone is 1. The highest BCUT2D eigenvalue weighted by Gasteiger charge is 2.18. The maximum Gasteiger partial charge on any atom is 0.217 e. The zero-order chi connectivity index (χ0) is 30.2. The summed E-state index contributed by atoms with van der Waals surface area (Å²) in [4.78, 5) is 13.5. The van der Waals surface area contributed by atoms with E-state index in [1.54, 1.807) is 19.2 Å². The van der Waals surface area contributed by atoms with Crippen molar-refractivity contribution in [2.75, 3.05) is 7.11 Å². The van der Waals surface area contributed by atoms with Crippen LogP contribution in [0, 0.1) is 13.8 Å². The molecular formula is C34H32N4O5. The van der Waals surface area contributed by atoms with Crippen LogP contribution in [-0.4, -0.2) is 38.2 Å². The average Bonchev–Trinajstić information content (AvgIpc) is 3.49. The summed E-state index contributed by atoms with van der Waals surface area (Å²) in [5.41, 5.74) is 4.89. The van der Waals surface area contributed by atoms with E-state index in [9.17, 15) is 9.90 Å². The summed E-state index contributed by atoms with van der Waals surface area (Å²) in [5, 5.41) is 22.6. The van der Waals surface area contributed by atoms with Gasteiger partial charge in [-0.15, -0.1) is 5.10 Å². The molecule has 0 aliphatic carbocycles. The molecule has 0 atom stereocenters. The van der Waals surface area contributed by atoms with Crippen molar-refractivity contribution in [1.82, 2.24) is 20.2 Å². The number of aliphatic hydroxyl groups is 1. The normalized spacial score (nSPS) is 11.3. The third kappa shape index (κ3) is 7.26. The Bertz CT molecular complexity index is 1670. The standard InChI is InChI=1S/C34H32N4O5/c1-23-16-27(14-15-31(23)41-3)20-38-34(35-36-37-38)30(40)19-29(39)28-17-32(42-21-25-10-6-4-7-11-25)24(2)33(18-28)43-22-26-12-8-5-9-13-26/h4-19,40H,20-22H2,1-3H3/b30-19-. The van der Waals surface area contributed by atoms with Gasteiger partial charge >= 0.3 is 0 Å². The monoisotopic (exact) mass is 576 g/mol. The molecule has 4 aromatic carbocycles. The van der Waals surface area contributed by atoms with Crippen molar-refractivity contribution >= 4 is 11.5 Å². The Balaban J connectivity index is 1.40. The Morgan fingerprint density at radius 2 is 1.42 bits per heavy atom. The van der Waals surface area contributed by atoms with Gasteiger partial charge in [-0.2, -0.15) is 0 Å². The van der Waals surface area contributed by atoms with E-state index in [1.165, 1.54) is 4.68 Å². The van der Waals surface area contributed by atoms with Gasteiger partial charge in [0.1, 0.15) is 30.5 Å². The molecule has 5 aromatic rings. The van der Waals surface area contributed by atoms with Gasteiger partial charge in [0.25, 0.3) is 0 Å².